The van der Waals surface area contributed by atoms with Crippen LogP contribution < -0.4 is 20.1 Å². The van der Waals surface area contributed by atoms with Crippen LogP contribution in [-0.2, 0) is 11.3 Å². The highest BCUT2D eigenvalue weighted by atomic mass is 127. The van der Waals surface area contributed by atoms with Crippen LogP contribution in [0.3, 0.4) is 0 Å². The summed E-state index contributed by atoms with van der Waals surface area (Å²) in [7, 11) is 0. The van der Waals surface area contributed by atoms with Crippen LogP contribution in [0, 0.1) is 5.92 Å². The Morgan fingerprint density at radius 3 is 2.76 bits per heavy atom. The zero-order valence-electron chi connectivity index (χ0n) is 15.3. The molecule has 25 heavy (non-hydrogen) atoms. The van der Waals surface area contributed by atoms with E-state index in [9.17, 15) is 0 Å². The third-order valence-corrected chi connectivity index (χ3v) is 3.58. The molecule has 0 radical (unpaired) electrons. The normalized spacial score (nSPS) is 12.9. The van der Waals surface area contributed by atoms with E-state index in [-0.39, 0.29) is 24.0 Å². The van der Waals surface area contributed by atoms with Crippen molar-refractivity contribution in [3.63, 3.8) is 0 Å². The van der Waals surface area contributed by atoms with Gasteiger partial charge in [-0.15, -0.1) is 24.0 Å². The predicted octanol–water partition coefficient (Wildman–Crippen LogP) is 3.15. The number of ether oxygens (including phenoxy) is 3. The number of hydrogen-bond donors (Lipinski definition) is 2. The van der Waals surface area contributed by atoms with Gasteiger partial charge in [-0.3, -0.25) is 0 Å². The molecule has 0 unspecified atom stereocenters. The Kier molecular flexibility index (Phi) is 10.6. The number of nitrogens with zero attached hydrogens (tertiary/aromatic N) is 1. The topological polar surface area (TPSA) is 64.1 Å². The molecule has 0 bridgehead atoms. The number of fused-ring (bicyclic) bond motifs is 1. The van der Waals surface area contributed by atoms with Crippen molar-refractivity contribution in [2.75, 3.05) is 33.1 Å². The Morgan fingerprint density at radius 2 is 2.00 bits per heavy atom. The van der Waals surface area contributed by atoms with E-state index in [2.05, 4.69) is 36.4 Å². The first-order valence-electron chi connectivity index (χ1n) is 8.67. The van der Waals surface area contributed by atoms with Gasteiger partial charge in [-0.05, 0) is 37.0 Å². The van der Waals surface area contributed by atoms with Gasteiger partial charge in [-0.2, -0.15) is 0 Å². The quantitative estimate of drug-likeness (QED) is 0.255. The van der Waals surface area contributed by atoms with Crippen molar-refractivity contribution < 1.29 is 14.2 Å². The van der Waals surface area contributed by atoms with Gasteiger partial charge < -0.3 is 24.8 Å². The lowest BCUT2D eigenvalue weighted by Gasteiger charge is -2.12. The van der Waals surface area contributed by atoms with Gasteiger partial charge in [0.15, 0.2) is 17.5 Å². The summed E-state index contributed by atoms with van der Waals surface area (Å²) in [5.41, 5.74) is 1.09. The van der Waals surface area contributed by atoms with Crippen molar-refractivity contribution in [2.24, 2.45) is 10.9 Å². The van der Waals surface area contributed by atoms with E-state index in [4.69, 9.17) is 14.2 Å². The maximum atomic E-state index is 5.61. The largest absolute Gasteiger partial charge is 0.454 e. The summed E-state index contributed by atoms with van der Waals surface area (Å²) in [5, 5.41) is 6.53. The van der Waals surface area contributed by atoms with Gasteiger partial charge >= 0.3 is 0 Å². The Balaban J connectivity index is 0.00000312. The van der Waals surface area contributed by atoms with E-state index in [1.54, 1.807) is 0 Å². The van der Waals surface area contributed by atoms with Gasteiger partial charge in [-0.25, -0.2) is 4.99 Å². The summed E-state index contributed by atoms with van der Waals surface area (Å²) < 4.78 is 16.3. The molecule has 142 valence electrons. The number of rotatable bonds is 9. The zero-order valence-corrected chi connectivity index (χ0v) is 17.7. The van der Waals surface area contributed by atoms with Crippen LogP contribution in [0.25, 0.3) is 0 Å². The second-order valence-electron chi connectivity index (χ2n) is 6.10. The molecule has 7 heteroatoms. The summed E-state index contributed by atoms with van der Waals surface area (Å²) >= 11 is 0. The maximum absolute atomic E-state index is 5.61. The van der Waals surface area contributed by atoms with Gasteiger partial charge in [0, 0.05) is 19.7 Å². The minimum atomic E-state index is 0. The van der Waals surface area contributed by atoms with Gasteiger partial charge in [0.2, 0.25) is 6.79 Å². The molecular formula is C18H30IN3O3. The van der Waals surface area contributed by atoms with Crippen molar-refractivity contribution >= 4 is 29.9 Å². The fourth-order valence-electron chi connectivity index (χ4n) is 2.21. The first-order valence-corrected chi connectivity index (χ1v) is 8.67. The number of nitrogens with one attached hydrogen (secondary N) is 2. The van der Waals surface area contributed by atoms with E-state index in [1.165, 1.54) is 0 Å². The molecular weight excluding hydrogens is 433 g/mol. The molecule has 0 saturated heterocycles. The molecule has 1 aliphatic rings. The molecule has 0 atom stereocenters. The monoisotopic (exact) mass is 463 g/mol. The molecule has 2 rings (SSSR count). The Morgan fingerprint density at radius 1 is 1.20 bits per heavy atom. The highest BCUT2D eigenvalue weighted by Crippen LogP contribution is 2.32. The van der Waals surface area contributed by atoms with Gasteiger partial charge in [0.05, 0.1) is 13.2 Å². The van der Waals surface area contributed by atoms with Crippen LogP contribution in [0.2, 0.25) is 0 Å². The van der Waals surface area contributed by atoms with Crippen LogP contribution in [0.4, 0.5) is 0 Å². The molecule has 0 aliphatic carbocycles. The van der Waals surface area contributed by atoms with Gasteiger partial charge in [-0.1, -0.05) is 19.9 Å². The number of hydrogen-bond acceptors (Lipinski definition) is 4. The Bertz CT molecular complexity index is 538. The fraction of sp³-hybridized carbons (Fsp3) is 0.611. The fourth-order valence-corrected chi connectivity index (χ4v) is 2.21. The summed E-state index contributed by atoms with van der Waals surface area (Å²) in [6, 6.07) is 5.91. The molecule has 6 nitrogen and oxygen atoms in total. The molecule has 0 aromatic heterocycles. The number of benzene rings is 1. The van der Waals surface area contributed by atoms with Crippen molar-refractivity contribution in [3.05, 3.63) is 23.8 Å². The minimum Gasteiger partial charge on any atom is -0.454 e. The lowest BCUT2D eigenvalue weighted by molar-refractivity contribution is 0.128. The van der Waals surface area contributed by atoms with Crippen molar-refractivity contribution in [2.45, 2.75) is 33.7 Å². The molecule has 0 fully saturated rings. The number of halogens is 1. The Labute approximate surface area is 167 Å². The van der Waals surface area contributed by atoms with E-state index in [0.29, 0.717) is 25.9 Å². The summed E-state index contributed by atoms with van der Waals surface area (Å²) in [5.74, 6) is 3.06. The average molecular weight is 463 g/mol. The highest BCUT2D eigenvalue weighted by molar-refractivity contribution is 14.0. The lowest BCUT2D eigenvalue weighted by Crippen LogP contribution is -2.39. The SMILES string of the molecule is CCNC(=NCc1ccc2c(c1)OCO2)NCCOCCC(C)C.I. The first-order chi connectivity index (χ1) is 11.7. The predicted molar refractivity (Wildman–Crippen MR) is 111 cm³/mol. The summed E-state index contributed by atoms with van der Waals surface area (Å²) in [6.07, 6.45) is 1.10. The van der Waals surface area contributed by atoms with Crippen LogP contribution >= 0.6 is 24.0 Å². The maximum Gasteiger partial charge on any atom is 0.231 e. The lowest BCUT2D eigenvalue weighted by atomic mass is 10.1. The molecule has 0 saturated carbocycles. The second kappa shape index (κ2) is 12.2. The van der Waals surface area contributed by atoms with Crippen LogP contribution in [0.1, 0.15) is 32.8 Å². The molecule has 2 N–H and O–H groups in total. The van der Waals surface area contributed by atoms with Crippen molar-refractivity contribution in [3.8, 4) is 11.5 Å². The molecule has 1 heterocycles. The van der Waals surface area contributed by atoms with E-state index in [0.717, 1.165) is 49.1 Å². The van der Waals surface area contributed by atoms with Crippen molar-refractivity contribution in [1.82, 2.24) is 10.6 Å². The van der Waals surface area contributed by atoms with Gasteiger partial charge in [0.25, 0.3) is 0 Å². The second-order valence-corrected chi connectivity index (χ2v) is 6.10. The number of aliphatic imine (C=N–C) groups is 1. The van der Waals surface area contributed by atoms with E-state index >= 15 is 0 Å². The molecule has 1 aliphatic heterocycles. The van der Waals surface area contributed by atoms with Gasteiger partial charge in [0.1, 0.15) is 0 Å². The van der Waals surface area contributed by atoms with Crippen LogP contribution in [0.5, 0.6) is 11.5 Å². The van der Waals surface area contributed by atoms with Crippen LogP contribution in [-0.4, -0.2) is 39.1 Å². The average Bonchev–Trinajstić information content (AvgIpc) is 3.03. The third kappa shape index (κ3) is 8.13. The summed E-state index contributed by atoms with van der Waals surface area (Å²) in [4.78, 5) is 4.60. The smallest absolute Gasteiger partial charge is 0.231 e. The number of guanidine groups is 1. The standard InChI is InChI=1S/C18H29N3O3.HI/c1-4-19-18(20-8-10-22-9-7-14(2)3)21-12-15-5-6-16-17(11-15)24-13-23-16;/h5-6,11,14H,4,7-10,12-13H2,1-3H3,(H2,19,20,21);1H. The molecule has 1 aromatic carbocycles. The van der Waals surface area contributed by atoms with E-state index < -0.39 is 0 Å². The highest BCUT2D eigenvalue weighted by Gasteiger charge is 2.12. The molecule has 0 spiro atoms. The summed E-state index contributed by atoms with van der Waals surface area (Å²) in [6.45, 7) is 10.4. The zero-order chi connectivity index (χ0) is 17.2. The molecule has 0 amide bonds. The third-order valence-electron chi connectivity index (χ3n) is 3.58. The minimum absolute atomic E-state index is 0. The molecule has 1 aromatic rings. The first kappa shape index (κ1) is 21.8. The van der Waals surface area contributed by atoms with Crippen molar-refractivity contribution in [1.29, 1.82) is 0 Å². The van der Waals surface area contributed by atoms with Crippen LogP contribution in [0.15, 0.2) is 23.2 Å². The Hall–Kier alpha value is -1.22. The van der Waals surface area contributed by atoms with E-state index in [1.807, 2.05) is 18.2 Å².